The molecule has 1 aliphatic heterocycles. The number of aromatic amines is 1. The summed E-state index contributed by atoms with van der Waals surface area (Å²) in [7, 11) is 0. The van der Waals surface area contributed by atoms with Gasteiger partial charge in [0.25, 0.3) is 0 Å². The lowest BCUT2D eigenvalue weighted by atomic mass is 10.1. The topological polar surface area (TPSA) is 68.4 Å². The summed E-state index contributed by atoms with van der Waals surface area (Å²) in [6.45, 7) is 5.71. The van der Waals surface area contributed by atoms with Crippen LogP contribution in [0.5, 0.6) is 0 Å². The number of urea groups is 1. The number of nitrogens with one attached hydrogen (secondary N) is 2. The first-order valence-corrected chi connectivity index (χ1v) is 7.97. The van der Waals surface area contributed by atoms with E-state index >= 15 is 0 Å². The molecule has 2 heterocycles. The Hall–Kier alpha value is -2.50. The molecule has 0 saturated carbocycles. The Bertz CT molecular complexity index is 737. The third-order valence-electron chi connectivity index (χ3n) is 4.37. The number of benzene rings is 1. The number of aryl methyl sites for hydroxylation is 1. The highest BCUT2D eigenvalue weighted by molar-refractivity contribution is 5.87. The summed E-state index contributed by atoms with van der Waals surface area (Å²) in [4.78, 5) is 30.4. The zero-order valence-corrected chi connectivity index (χ0v) is 13.6. The van der Waals surface area contributed by atoms with Crippen molar-refractivity contribution in [1.29, 1.82) is 0 Å². The van der Waals surface area contributed by atoms with Crippen LogP contribution < -0.4 is 5.32 Å². The quantitative estimate of drug-likeness (QED) is 0.904. The summed E-state index contributed by atoms with van der Waals surface area (Å²) in [5.41, 5.74) is 3.48. The van der Waals surface area contributed by atoms with E-state index in [-0.39, 0.29) is 18.5 Å². The van der Waals surface area contributed by atoms with Crippen molar-refractivity contribution < 1.29 is 9.59 Å². The zero-order valence-electron chi connectivity index (χ0n) is 13.6. The molecule has 2 N–H and O–H groups in total. The van der Waals surface area contributed by atoms with Crippen LogP contribution in [0.1, 0.15) is 18.2 Å². The van der Waals surface area contributed by atoms with Gasteiger partial charge in [-0.2, -0.15) is 0 Å². The number of H-pyrrole nitrogens is 1. The van der Waals surface area contributed by atoms with Crippen molar-refractivity contribution in [2.24, 2.45) is 0 Å². The van der Waals surface area contributed by atoms with E-state index in [1.165, 1.54) is 10.9 Å². The van der Waals surface area contributed by atoms with Gasteiger partial charge >= 0.3 is 6.03 Å². The third kappa shape index (κ3) is 3.02. The first-order valence-electron chi connectivity index (χ1n) is 7.97. The number of aromatic nitrogens is 1. The Kier molecular flexibility index (Phi) is 4.23. The minimum Gasteiger partial charge on any atom is -0.358 e. The molecular formula is C17H22N4O2. The molecule has 1 aliphatic rings. The average molecular weight is 314 g/mol. The maximum absolute atomic E-state index is 12.2. The summed E-state index contributed by atoms with van der Waals surface area (Å²) in [6, 6.07) is 8.00. The number of nitrogens with zero attached hydrogens (tertiary/aromatic N) is 2. The molecule has 3 amide bonds. The van der Waals surface area contributed by atoms with E-state index in [0.717, 1.165) is 17.6 Å². The predicted molar refractivity (Wildman–Crippen MR) is 89.1 cm³/mol. The Labute approximate surface area is 135 Å². The third-order valence-corrected chi connectivity index (χ3v) is 4.37. The van der Waals surface area contributed by atoms with Gasteiger partial charge in [0.1, 0.15) is 6.54 Å². The van der Waals surface area contributed by atoms with E-state index in [0.29, 0.717) is 19.8 Å². The highest BCUT2D eigenvalue weighted by Crippen LogP contribution is 2.21. The lowest BCUT2D eigenvalue weighted by Crippen LogP contribution is -2.40. The number of hydrogen-bond donors (Lipinski definition) is 2. The minimum atomic E-state index is -0.174. The van der Waals surface area contributed by atoms with Gasteiger partial charge in [-0.3, -0.25) is 9.69 Å². The molecular weight excluding hydrogens is 292 g/mol. The molecule has 3 rings (SSSR count). The molecule has 0 atom stereocenters. The van der Waals surface area contributed by atoms with Gasteiger partial charge in [0.15, 0.2) is 0 Å². The first kappa shape index (κ1) is 15.4. The number of para-hydroxylation sites is 1. The molecule has 0 spiro atoms. The van der Waals surface area contributed by atoms with Crippen molar-refractivity contribution in [2.45, 2.75) is 20.3 Å². The molecule has 23 heavy (non-hydrogen) atoms. The Balaban J connectivity index is 1.58. The van der Waals surface area contributed by atoms with Crippen molar-refractivity contribution >= 4 is 22.8 Å². The maximum Gasteiger partial charge on any atom is 0.319 e. The molecule has 6 nitrogen and oxygen atoms in total. The fourth-order valence-electron chi connectivity index (χ4n) is 3.07. The molecule has 2 aromatic rings. The van der Waals surface area contributed by atoms with Crippen LogP contribution in [0.3, 0.4) is 0 Å². The van der Waals surface area contributed by atoms with E-state index in [1.807, 2.05) is 19.1 Å². The molecule has 1 fully saturated rings. The standard InChI is InChI=1S/C17H22N4O2/c1-3-20-11-21(10-16(20)22)17(23)18-9-8-13-12(2)19-15-7-5-4-6-14(13)15/h4-7,19H,3,8-11H2,1-2H3,(H,18,23). The van der Waals surface area contributed by atoms with Gasteiger partial charge in [-0.25, -0.2) is 4.79 Å². The van der Waals surface area contributed by atoms with Gasteiger partial charge in [0, 0.05) is 29.7 Å². The number of likely N-dealkylation sites (N-methyl/N-ethyl adjacent to an activating group) is 1. The van der Waals surface area contributed by atoms with E-state index in [1.54, 1.807) is 9.80 Å². The molecule has 0 unspecified atom stereocenters. The number of rotatable bonds is 4. The maximum atomic E-state index is 12.2. The van der Waals surface area contributed by atoms with Crippen LogP contribution >= 0.6 is 0 Å². The van der Waals surface area contributed by atoms with Crippen molar-refractivity contribution in [3.63, 3.8) is 0 Å². The van der Waals surface area contributed by atoms with Gasteiger partial charge in [-0.05, 0) is 31.9 Å². The fourth-order valence-corrected chi connectivity index (χ4v) is 3.07. The summed E-state index contributed by atoms with van der Waals surface area (Å²) < 4.78 is 0. The van der Waals surface area contributed by atoms with Gasteiger partial charge in [-0.1, -0.05) is 18.2 Å². The second kappa shape index (κ2) is 6.32. The number of amides is 3. The smallest absolute Gasteiger partial charge is 0.319 e. The van der Waals surface area contributed by atoms with Crippen LogP contribution in [0.4, 0.5) is 4.79 Å². The predicted octanol–water partition coefficient (Wildman–Crippen LogP) is 1.85. The van der Waals surface area contributed by atoms with Crippen molar-refractivity contribution in [2.75, 3.05) is 26.3 Å². The van der Waals surface area contributed by atoms with E-state index in [9.17, 15) is 9.59 Å². The van der Waals surface area contributed by atoms with Crippen molar-refractivity contribution in [1.82, 2.24) is 20.1 Å². The van der Waals surface area contributed by atoms with Gasteiger partial charge in [0.05, 0.1) is 6.67 Å². The van der Waals surface area contributed by atoms with Crippen molar-refractivity contribution in [3.8, 4) is 0 Å². The molecule has 1 aromatic heterocycles. The normalized spacial score (nSPS) is 14.8. The average Bonchev–Trinajstić information content (AvgIpc) is 3.07. The van der Waals surface area contributed by atoms with Crippen molar-refractivity contribution in [3.05, 3.63) is 35.5 Å². The second-order valence-corrected chi connectivity index (χ2v) is 5.85. The molecule has 0 aliphatic carbocycles. The summed E-state index contributed by atoms with van der Waals surface area (Å²) >= 11 is 0. The van der Waals surface area contributed by atoms with E-state index in [2.05, 4.69) is 29.4 Å². The highest BCUT2D eigenvalue weighted by Gasteiger charge is 2.29. The minimum absolute atomic E-state index is 0.00937. The fraction of sp³-hybridized carbons (Fsp3) is 0.412. The lowest BCUT2D eigenvalue weighted by Gasteiger charge is -2.17. The number of carbonyl (C=O) groups is 2. The van der Waals surface area contributed by atoms with Crippen LogP contribution in [0.2, 0.25) is 0 Å². The SMILES string of the molecule is CCN1CN(C(=O)NCCc2c(C)[nH]c3ccccc23)CC1=O. The monoisotopic (exact) mass is 314 g/mol. The first-order chi connectivity index (χ1) is 11.1. The lowest BCUT2D eigenvalue weighted by molar-refractivity contribution is -0.126. The van der Waals surface area contributed by atoms with Crippen LogP contribution in [-0.2, 0) is 11.2 Å². The Morgan fingerprint density at radius 3 is 2.87 bits per heavy atom. The van der Waals surface area contributed by atoms with Crippen LogP contribution in [-0.4, -0.2) is 53.0 Å². The molecule has 6 heteroatoms. The molecule has 1 saturated heterocycles. The van der Waals surface area contributed by atoms with Crippen LogP contribution in [0, 0.1) is 6.92 Å². The molecule has 122 valence electrons. The van der Waals surface area contributed by atoms with Crippen LogP contribution in [0.15, 0.2) is 24.3 Å². The van der Waals surface area contributed by atoms with E-state index < -0.39 is 0 Å². The largest absolute Gasteiger partial charge is 0.358 e. The molecule has 1 aromatic carbocycles. The molecule has 0 bridgehead atoms. The van der Waals surface area contributed by atoms with Gasteiger partial charge in [0.2, 0.25) is 5.91 Å². The van der Waals surface area contributed by atoms with Crippen LogP contribution in [0.25, 0.3) is 10.9 Å². The van der Waals surface area contributed by atoms with Gasteiger partial charge in [-0.15, -0.1) is 0 Å². The van der Waals surface area contributed by atoms with E-state index in [4.69, 9.17) is 0 Å². The number of fused-ring (bicyclic) bond motifs is 1. The Morgan fingerprint density at radius 1 is 1.35 bits per heavy atom. The summed E-state index contributed by atoms with van der Waals surface area (Å²) in [5.74, 6) is 0.00937. The number of hydrogen-bond acceptors (Lipinski definition) is 2. The highest BCUT2D eigenvalue weighted by atomic mass is 16.2. The summed E-state index contributed by atoms with van der Waals surface area (Å²) in [6.07, 6.45) is 0.765. The molecule has 0 radical (unpaired) electrons. The van der Waals surface area contributed by atoms with Gasteiger partial charge < -0.3 is 15.2 Å². The zero-order chi connectivity index (χ0) is 16.4. The summed E-state index contributed by atoms with van der Waals surface area (Å²) in [5, 5.41) is 4.12. The Morgan fingerprint density at radius 2 is 2.13 bits per heavy atom. The second-order valence-electron chi connectivity index (χ2n) is 5.85. The number of carbonyl (C=O) groups excluding carboxylic acids is 2.